The molecule has 3 N–H and O–H groups in total. The van der Waals surface area contributed by atoms with Crippen LogP contribution in [-0.4, -0.2) is 72.3 Å². The number of rotatable bonds is 11. The molecule has 3 aromatic carbocycles. The van der Waals surface area contributed by atoms with Gasteiger partial charge in [-0.1, -0.05) is 53.5 Å². The molecule has 0 saturated carbocycles. The molecule has 0 radical (unpaired) electrons. The zero-order valence-corrected chi connectivity index (χ0v) is 29.4. The third-order valence-electron chi connectivity index (χ3n) is 9.69. The number of hydrogen-bond donors (Lipinski definition) is 3. The second-order valence-corrected chi connectivity index (χ2v) is 13.5. The van der Waals surface area contributed by atoms with Gasteiger partial charge in [-0.25, -0.2) is 4.79 Å². The number of nitrogens with zero attached hydrogens (tertiary/aromatic N) is 3. The minimum absolute atomic E-state index is 0.0170. The number of carboxylic acids is 1. The molecule has 3 aliphatic heterocycles. The summed E-state index contributed by atoms with van der Waals surface area (Å²) in [6, 6.07) is 14.0. The van der Waals surface area contributed by atoms with Gasteiger partial charge in [-0.05, 0) is 79.2 Å². The number of aromatic carboxylic acids is 1. The maximum Gasteiger partial charge on any atom is 0.415 e. The van der Waals surface area contributed by atoms with Gasteiger partial charge in [-0.2, -0.15) is 0 Å². The number of methoxy groups -OCH3 is 2. The molecule has 51 heavy (non-hydrogen) atoms. The van der Waals surface area contributed by atoms with Crippen LogP contribution in [0.1, 0.15) is 51.4 Å². The molecule has 7 rings (SSSR count). The number of piperidine rings is 3. The van der Waals surface area contributed by atoms with Crippen molar-refractivity contribution in [2.45, 2.75) is 37.8 Å². The van der Waals surface area contributed by atoms with E-state index < -0.39 is 29.5 Å². The molecule has 0 aliphatic carbocycles. The van der Waals surface area contributed by atoms with E-state index in [0.717, 1.165) is 30.7 Å². The van der Waals surface area contributed by atoms with E-state index in [1.165, 1.54) is 55.8 Å². The highest BCUT2D eigenvalue weighted by atomic mass is 35.5. The lowest BCUT2D eigenvalue weighted by Gasteiger charge is -2.44. The number of aromatic nitrogens is 1. The maximum absolute atomic E-state index is 14.0. The highest BCUT2D eigenvalue weighted by Crippen LogP contribution is 2.41. The van der Waals surface area contributed by atoms with Crippen LogP contribution in [0, 0.1) is 5.92 Å². The molecule has 0 spiro atoms. The van der Waals surface area contributed by atoms with Gasteiger partial charge in [-0.3, -0.25) is 15.0 Å². The number of benzene rings is 3. The van der Waals surface area contributed by atoms with Crippen molar-refractivity contribution in [2.24, 2.45) is 5.92 Å². The van der Waals surface area contributed by atoms with E-state index in [1.807, 2.05) is 0 Å². The number of pyridine rings is 1. The molecule has 2 bridgehead atoms. The van der Waals surface area contributed by atoms with Gasteiger partial charge in [0.15, 0.2) is 23.0 Å². The van der Waals surface area contributed by atoms with E-state index in [0.29, 0.717) is 40.3 Å². The van der Waals surface area contributed by atoms with Crippen molar-refractivity contribution < 1.29 is 49.1 Å². The maximum atomic E-state index is 14.0. The predicted molar refractivity (Wildman–Crippen MR) is 185 cm³/mol. The van der Waals surface area contributed by atoms with Crippen molar-refractivity contribution in [1.29, 1.82) is 0 Å². The van der Waals surface area contributed by atoms with Gasteiger partial charge in [0.1, 0.15) is 16.1 Å². The number of ether oxygens (including phenoxy) is 3. The number of phenolic OH excluding ortho intramolecular Hbond substituents is 2. The fraction of sp³-hybridized carbons (Fsp3) is 0.324. The second-order valence-electron chi connectivity index (χ2n) is 12.7. The third kappa shape index (κ3) is 7.58. The first kappa shape index (κ1) is 35.9. The number of para-hydroxylation sites is 1. The number of carbonyl (C=O) groups is 2. The first-order valence-electron chi connectivity index (χ1n) is 16.3. The Labute approximate surface area is 304 Å². The van der Waals surface area contributed by atoms with Gasteiger partial charge in [0, 0.05) is 28.3 Å². The zero-order chi connectivity index (χ0) is 36.4. The third-order valence-corrected chi connectivity index (χ3v) is 10.3. The summed E-state index contributed by atoms with van der Waals surface area (Å²) < 4.78 is 17.8. The van der Waals surface area contributed by atoms with E-state index in [2.05, 4.69) is 4.90 Å². The van der Waals surface area contributed by atoms with Crippen LogP contribution < -0.4 is 24.2 Å². The Bertz CT molecular complexity index is 1930. The van der Waals surface area contributed by atoms with E-state index in [-0.39, 0.29) is 46.3 Å². The first-order valence-corrected chi connectivity index (χ1v) is 17.1. The Morgan fingerprint density at radius 2 is 1.71 bits per heavy atom. The van der Waals surface area contributed by atoms with Gasteiger partial charge < -0.3 is 34.3 Å². The Balaban J connectivity index is 1.44. The number of anilines is 1. The van der Waals surface area contributed by atoms with E-state index in [4.69, 9.17) is 37.4 Å². The van der Waals surface area contributed by atoms with Crippen molar-refractivity contribution in [3.8, 4) is 23.0 Å². The Kier molecular flexibility index (Phi) is 10.7. The summed E-state index contributed by atoms with van der Waals surface area (Å²) in [5.41, 5.74) is 1.73. The van der Waals surface area contributed by atoms with Crippen LogP contribution in [0.5, 0.6) is 23.0 Å². The molecule has 14 heteroatoms. The van der Waals surface area contributed by atoms with Crippen molar-refractivity contribution in [2.75, 3.05) is 38.8 Å². The molecule has 1 aromatic heterocycles. The summed E-state index contributed by atoms with van der Waals surface area (Å²) in [6.45, 7) is 2.34. The largest absolute Gasteiger partial charge is 0.545 e. The van der Waals surface area contributed by atoms with E-state index in [1.54, 1.807) is 30.3 Å². The summed E-state index contributed by atoms with van der Waals surface area (Å²) in [7, 11) is 2.98. The van der Waals surface area contributed by atoms with Crippen LogP contribution in [0.3, 0.4) is 0 Å². The standard InChI is InChI=1S/C37H37Cl2N3O9/c1-49-32-9-7-23(15-33(32)50-2)25(16-27-28(38)18-41(48)19-29(27)39)26-14-21(6-8-24(26)36(45)46)17-42(30-4-3-5-31(43)35(30)44)37(47)51-34-20-40-12-10-22(34)11-13-40/h3-9,14-15,18-19,22,25,34H,10-13,16-17,20H2,1-2H3,(H3-,43,44,45,46,48)/t25-,34-/m0/s1. The lowest BCUT2D eigenvalue weighted by atomic mass is 9.82. The number of aromatic hydroxyl groups is 2. The molecule has 1 amide bonds. The molecule has 4 heterocycles. The molecule has 0 unspecified atom stereocenters. The molecular formula is C37H37Cl2N3O9. The van der Waals surface area contributed by atoms with Gasteiger partial charge in [0.2, 0.25) is 12.4 Å². The van der Waals surface area contributed by atoms with Crippen LogP contribution in [0.2, 0.25) is 10.0 Å². The van der Waals surface area contributed by atoms with Gasteiger partial charge in [0.25, 0.3) is 0 Å². The van der Waals surface area contributed by atoms with Crippen LogP contribution >= 0.6 is 23.2 Å². The van der Waals surface area contributed by atoms with Crippen LogP contribution in [0.25, 0.3) is 0 Å². The fourth-order valence-corrected chi connectivity index (χ4v) is 7.61. The number of fused-ring (bicyclic) bond motifs is 3. The first-order chi connectivity index (χ1) is 24.5. The molecule has 3 saturated heterocycles. The van der Waals surface area contributed by atoms with Gasteiger partial charge >= 0.3 is 6.09 Å². The fourth-order valence-electron chi connectivity index (χ4n) is 7.01. The smallest absolute Gasteiger partial charge is 0.415 e. The summed E-state index contributed by atoms with van der Waals surface area (Å²) in [5, 5.41) is 44.2. The molecule has 2 atom stereocenters. The second kappa shape index (κ2) is 15.1. The van der Waals surface area contributed by atoms with Crippen LogP contribution in [0.15, 0.2) is 67.0 Å². The minimum Gasteiger partial charge on any atom is -0.545 e. The van der Waals surface area contributed by atoms with Crippen molar-refractivity contribution in [1.82, 2.24) is 4.90 Å². The lowest BCUT2D eigenvalue weighted by molar-refractivity contribution is -0.904. The van der Waals surface area contributed by atoms with Crippen LogP contribution in [-0.2, 0) is 17.7 Å². The number of halogens is 2. The quantitative estimate of drug-likeness (QED) is 0.110. The number of carbonyl (C=O) groups excluding carboxylic acids is 2. The monoisotopic (exact) mass is 737 g/mol. The Hall–Kier alpha value is -4.91. The molecule has 3 aliphatic rings. The zero-order valence-electron chi connectivity index (χ0n) is 27.9. The van der Waals surface area contributed by atoms with Gasteiger partial charge in [-0.15, -0.1) is 0 Å². The Morgan fingerprint density at radius 3 is 2.33 bits per heavy atom. The SMILES string of the molecule is COc1ccc([C@H](Cc2c(Cl)c[n+](O)cc2Cl)c2cc(CN(C(=O)O[C@H]3CN4CCC3CC4)c3cccc(O)c3O)ccc2C(=O)[O-])cc1OC. The van der Waals surface area contributed by atoms with Crippen molar-refractivity contribution in [3.63, 3.8) is 0 Å². The summed E-state index contributed by atoms with van der Waals surface area (Å²) >= 11 is 13.1. The van der Waals surface area contributed by atoms with E-state index >= 15 is 0 Å². The highest BCUT2D eigenvalue weighted by Gasteiger charge is 2.38. The number of hydrogen-bond acceptors (Lipinski definition) is 10. The minimum atomic E-state index is -1.44. The topological polar surface area (TPSA) is 156 Å². The molecule has 4 aromatic rings. The Morgan fingerprint density at radius 1 is 1.00 bits per heavy atom. The normalized spacial score (nSPS) is 18.5. The highest BCUT2D eigenvalue weighted by molar-refractivity contribution is 6.35. The van der Waals surface area contributed by atoms with E-state index in [9.17, 15) is 30.1 Å². The summed E-state index contributed by atoms with van der Waals surface area (Å²) in [5.74, 6) is -2.04. The predicted octanol–water partition coefficient (Wildman–Crippen LogP) is 4.92. The van der Waals surface area contributed by atoms with Gasteiger partial charge in [0.05, 0.1) is 32.4 Å². The number of phenols is 2. The average Bonchev–Trinajstić information content (AvgIpc) is 3.11. The van der Waals surface area contributed by atoms with Crippen LogP contribution in [0.4, 0.5) is 10.5 Å². The molecule has 3 fully saturated rings. The summed E-state index contributed by atoms with van der Waals surface area (Å²) in [4.78, 5) is 30.1. The molecule has 268 valence electrons. The number of carboxylic acid groups (broad SMARTS) is 1. The van der Waals surface area contributed by atoms with Crippen molar-refractivity contribution in [3.05, 3.63) is 105 Å². The summed E-state index contributed by atoms with van der Waals surface area (Å²) in [6.07, 6.45) is 3.37. The molecule has 12 nitrogen and oxygen atoms in total. The lowest BCUT2D eigenvalue weighted by Crippen LogP contribution is -2.53. The average molecular weight is 739 g/mol. The van der Waals surface area contributed by atoms with Crippen molar-refractivity contribution >= 4 is 41.0 Å². The molecular weight excluding hydrogens is 701 g/mol. The number of amides is 1.